The van der Waals surface area contributed by atoms with Gasteiger partial charge in [0, 0.05) is 25.7 Å². The third-order valence-corrected chi connectivity index (χ3v) is 3.37. The van der Waals surface area contributed by atoms with Gasteiger partial charge in [-0.25, -0.2) is 0 Å². The first-order valence-corrected chi connectivity index (χ1v) is 7.04. The lowest BCUT2D eigenvalue weighted by atomic mass is 10.0. The van der Waals surface area contributed by atoms with Gasteiger partial charge in [0.25, 0.3) is 0 Å². The molecule has 0 spiro atoms. The van der Waals surface area contributed by atoms with Crippen LogP contribution in [0.4, 0.5) is 0 Å². The van der Waals surface area contributed by atoms with Crippen molar-refractivity contribution < 1.29 is 4.79 Å². The monoisotopic (exact) mass is 255 g/mol. The second kappa shape index (κ2) is 7.10. The van der Waals surface area contributed by atoms with Crippen LogP contribution in [0.15, 0.2) is 0 Å². The maximum Gasteiger partial charge on any atom is 0.236 e. The van der Waals surface area contributed by atoms with Crippen LogP contribution < -0.4 is 5.32 Å². The van der Waals surface area contributed by atoms with E-state index < -0.39 is 0 Å². The van der Waals surface area contributed by atoms with E-state index in [0.29, 0.717) is 24.5 Å². The number of carbonyl (C=O) groups is 1. The Kier molecular flexibility index (Phi) is 6.09. The molecule has 1 unspecified atom stereocenters. The molecule has 1 N–H and O–H groups in total. The molecule has 0 bridgehead atoms. The average molecular weight is 255 g/mol. The molecule has 0 saturated heterocycles. The number of nitrogens with zero attached hydrogens (tertiary/aromatic N) is 2. The van der Waals surface area contributed by atoms with Crippen molar-refractivity contribution in [3.05, 3.63) is 0 Å². The summed E-state index contributed by atoms with van der Waals surface area (Å²) in [5.41, 5.74) is 0. The summed E-state index contributed by atoms with van der Waals surface area (Å²) < 4.78 is 0. The van der Waals surface area contributed by atoms with E-state index in [1.165, 1.54) is 12.8 Å². The number of hydrogen-bond donors (Lipinski definition) is 1. The summed E-state index contributed by atoms with van der Waals surface area (Å²) >= 11 is 0. The molecule has 0 aromatic carbocycles. The number of hydrogen-bond acceptors (Lipinski definition) is 3. The molecule has 1 rings (SSSR count). The fraction of sp³-hybridized carbons (Fsp3) is 0.929. The summed E-state index contributed by atoms with van der Waals surface area (Å²) in [4.78, 5) is 16.0. The molecule has 1 atom stereocenters. The highest BCUT2D eigenvalue weighted by atomic mass is 16.2. The molecule has 1 amide bonds. The van der Waals surface area contributed by atoms with Crippen LogP contribution in [-0.2, 0) is 4.79 Å². The summed E-state index contributed by atoms with van der Waals surface area (Å²) in [5.74, 6) is 0.878. The number of amides is 1. The van der Waals surface area contributed by atoms with Gasteiger partial charge in [-0.3, -0.25) is 4.79 Å². The van der Waals surface area contributed by atoms with Crippen LogP contribution in [0.25, 0.3) is 0 Å². The van der Waals surface area contributed by atoms with E-state index in [2.05, 4.69) is 38.2 Å². The van der Waals surface area contributed by atoms with Crippen LogP contribution in [0.2, 0.25) is 0 Å². The summed E-state index contributed by atoms with van der Waals surface area (Å²) in [6.07, 6.45) is 3.46. The number of nitrogens with one attached hydrogen (secondary N) is 1. The number of likely N-dealkylation sites (N-methyl/N-ethyl adjacent to an activating group) is 2. The Bertz CT molecular complexity index is 252. The van der Waals surface area contributed by atoms with Gasteiger partial charge in [0.1, 0.15) is 0 Å². The Morgan fingerprint density at radius 3 is 2.33 bits per heavy atom. The highest BCUT2D eigenvalue weighted by Gasteiger charge is 2.29. The van der Waals surface area contributed by atoms with E-state index in [1.54, 1.807) is 0 Å². The van der Waals surface area contributed by atoms with Crippen LogP contribution in [0, 0.1) is 5.92 Å². The van der Waals surface area contributed by atoms with Crippen molar-refractivity contribution in [3.63, 3.8) is 0 Å². The zero-order valence-electron chi connectivity index (χ0n) is 12.6. The van der Waals surface area contributed by atoms with E-state index in [-0.39, 0.29) is 5.91 Å². The first-order chi connectivity index (χ1) is 8.40. The zero-order valence-corrected chi connectivity index (χ0v) is 12.6. The van der Waals surface area contributed by atoms with Gasteiger partial charge in [-0.1, -0.05) is 13.8 Å². The van der Waals surface area contributed by atoms with Crippen molar-refractivity contribution >= 4 is 5.91 Å². The molecule has 0 aliphatic heterocycles. The Balaban J connectivity index is 2.32. The summed E-state index contributed by atoms with van der Waals surface area (Å²) in [5, 5.41) is 3.41. The van der Waals surface area contributed by atoms with Gasteiger partial charge < -0.3 is 15.1 Å². The van der Waals surface area contributed by atoms with Crippen LogP contribution in [0.1, 0.15) is 33.1 Å². The lowest BCUT2D eigenvalue weighted by Crippen LogP contribution is -2.45. The van der Waals surface area contributed by atoms with E-state index in [4.69, 9.17) is 0 Å². The zero-order chi connectivity index (χ0) is 13.7. The summed E-state index contributed by atoms with van der Waals surface area (Å²) in [7, 11) is 6.07. The molecule has 4 nitrogen and oxygen atoms in total. The third kappa shape index (κ3) is 5.83. The minimum absolute atomic E-state index is 0.227. The molecule has 106 valence electrons. The standard InChI is InChI=1S/C14H29N3O/c1-11(2)8-12(10-16(3)4)15-9-14(18)17(5)13-6-7-13/h11-13,15H,6-10H2,1-5H3. The molecular formula is C14H29N3O. The van der Waals surface area contributed by atoms with Gasteiger partial charge in [-0.05, 0) is 39.3 Å². The maximum absolute atomic E-state index is 12.0. The summed E-state index contributed by atoms with van der Waals surface area (Å²) in [6.45, 7) is 5.90. The average Bonchev–Trinajstić information content (AvgIpc) is 3.06. The van der Waals surface area contributed by atoms with Crippen molar-refractivity contribution in [2.24, 2.45) is 5.92 Å². The molecule has 0 aromatic heterocycles. The maximum atomic E-state index is 12.0. The van der Waals surface area contributed by atoms with Gasteiger partial charge in [0.2, 0.25) is 5.91 Å². The molecule has 0 heterocycles. The molecule has 0 radical (unpaired) electrons. The molecule has 1 aliphatic rings. The number of carbonyl (C=O) groups excluding carboxylic acids is 1. The highest BCUT2D eigenvalue weighted by Crippen LogP contribution is 2.25. The van der Waals surface area contributed by atoms with Gasteiger partial charge in [0.15, 0.2) is 0 Å². The smallest absolute Gasteiger partial charge is 0.236 e. The first kappa shape index (κ1) is 15.4. The molecule has 1 fully saturated rings. The van der Waals surface area contributed by atoms with Gasteiger partial charge in [-0.2, -0.15) is 0 Å². The second-order valence-electron chi connectivity index (χ2n) is 6.21. The van der Waals surface area contributed by atoms with Crippen molar-refractivity contribution in [2.45, 2.75) is 45.2 Å². The fourth-order valence-electron chi connectivity index (χ4n) is 2.25. The van der Waals surface area contributed by atoms with Crippen LogP contribution in [-0.4, -0.2) is 62.0 Å². The third-order valence-electron chi connectivity index (χ3n) is 3.37. The van der Waals surface area contributed by atoms with Crippen LogP contribution in [0.5, 0.6) is 0 Å². The second-order valence-corrected chi connectivity index (χ2v) is 6.21. The molecule has 0 aromatic rings. The van der Waals surface area contributed by atoms with Gasteiger partial charge in [-0.15, -0.1) is 0 Å². The predicted octanol–water partition coefficient (Wildman–Crippen LogP) is 1.17. The lowest BCUT2D eigenvalue weighted by Gasteiger charge is -2.25. The van der Waals surface area contributed by atoms with E-state index >= 15 is 0 Å². The topological polar surface area (TPSA) is 35.6 Å². The SMILES string of the molecule is CC(C)CC(CN(C)C)NCC(=O)N(C)C1CC1. The Morgan fingerprint density at radius 1 is 1.28 bits per heavy atom. The fourth-order valence-corrected chi connectivity index (χ4v) is 2.25. The minimum atomic E-state index is 0.227. The lowest BCUT2D eigenvalue weighted by molar-refractivity contribution is -0.129. The Morgan fingerprint density at radius 2 is 1.89 bits per heavy atom. The molecule has 1 aliphatic carbocycles. The van der Waals surface area contributed by atoms with Gasteiger partial charge in [0.05, 0.1) is 6.54 Å². The quantitative estimate of drug-likeness (QED) is 0.707. The van der Waals surface area contributed by atoms with E-state index in [9.17, 15) is 4.79 Å². The first-order valence-electron chi connectivity index (χ1n) is 7.04. The van der Waals surface area contributed by atoms with Crippen molar-refractivity contribution in [3.8, 4) is 0 Å². The molecular weight excluding hydrogens is 226 g/mol. The summed E-state index contributed by atoms with van der Waals surface area (Å²) in [6, 6.07) is 0.910. The minimum Gasteiger partial charge on any atom is -0.342 e. The van der Waals surface area contributed by atoms with Crippen molar-refractivity contribution in [1.29, 1.82) is 0 Å². The molecule has 1 saturated carbocycles. The van der Waals surface area contributed by atoms with E-state index in [0.717, 1.165) is 13.0 Å². The van der Waals surface area contributed by atoms with Crippen LogP contribution >= 0.6 is 0 Å². The largest absolute Gasteiger partial charge is 0.342 e. The Hall–Kier alpha value is -0.610. The highest BCUT2D eigenvalue weighted by molar-refractivity contribution is 5.78. The Labute approximate surface area is 112 Å². The van der Waals surface area contributed by atoms with Crippen LogP contribution in [0.3, 0.4) is 0 Å². The van der Waals surface area contributed by atoms with Crippen molar-refractivity contribution in [2.75, 3.05) is 34.2 Å². The molecule has 18 heavy (non-hydrogen) atoms. The predicted molar refractivity (Wildman–Crippen MR) is 75.6 cm³/mol. The number of rotatable bonds is 8. The molecule has 4 heteroatoms. The van der Waals surface area contributed by atoms with E-state index in [1.807, 2.05) is 11.9 Å². The van der Waals surface area contributed by atoms with Crippen molar-refractivity contribution in [1.82, 2.24) is 15.1 Å². The normalized spacial score (nSPS) is 17.3. The van der Waals surface area contributed by atoms with Gasteiger partial charge >= 0.3 is 0 Å².